The van der Waals surface area contributed by atoms with Crippen LogP contribution >= 0.6 is 35.3 Å². The average molecular weight is 472 g/mol. The minimum Gasteiger partial charge on any atom is -0.357 e. The monoisotopic (exact) mass is 472 g/mol. The number of hydrogen-bond acceptors (Lipinski definition) is 3. The number of aryl methyl sites for hydroxylation is 2. The number of guanidine groups is 1. The number of thiazole rings is 1. The van der Waals surface area contributed by atoms with Crippen molar-refractivity contribution < 1.29 is 0 Å². The third-order valence-electron chi connectivity index (χ3n) is 3.76. The van der Waals surface area contributed by atoms with Gasteiger partial charge in [-0.2, -0.15) is 0 Å². The molecule has 2 aromatic rings. The molecule has 0 spiro atoms. The average Bonchev–Trinajstić information content (AvgIpc) is 3.07. The predicted octanol–water partition coefficient (Wildman–Crippen LogP) is 4.40. The standard InChI is InChI=1S/C19H28N4S.HI/c1-4-17-13-21-18(24-17)14-22-19(20-5-2)23-15(3)11-12-16-9-7-6-8-10-16;/h6-10,13,15H,4-5,11-12,14H2,1-3H3,(H2,20,22,23);1H. The zero-order valence-corrected chi connectivity index (χ0v) is 18.4. The maximum absolute atomic E-state index is 4.67. The SMILES string of the molecule is CCNC(=NCc1ncc(CC)s1)NC(C)CCc1ccccc1.I. The normalized spacial score (nSPS) is 12.4. The number of benzene rings is 1. The highest BCUT2D eigenvalue weighted by atomic mass is 127. The Morgan fingerprint density at radius 1 is 1.24 bits per heavy atom. The summed E-state index contributed by atoms with van der Waals surface area (Å²) in [4.78, 5) is 10.4. The van der Waals surface area contributed by atoms with E-state index in [-0.39, 0.29) is 24.0 Å². The summed E-state index contributed by atoms with van der Waals surface area (Å²) in [5.74, 6) is 0.867. The number of nitrogens with one attached hydrogen (secondary N) is 2. The van der Waals surface area contributed by atoms with Crippen molar-refractivity contribution in [2.24, 2.45) is 4.99 Å². The van der Waals surface area contributed by atoms with Gasteiger partial charge >= 0.3 is 0 Å². The van der Waals surface area contributed by atoms with E-state index in [0.717, 1.165) is 36.8 Å². The molecule has 1 atom stereocenters. The number of hydrogen-bond donors (Lipinski definition) is 2. The number of aromatic nitrogens is 1. The molecule has 6 heteroatoms. The van der Waals surface area contributed by atoms with Gasteiger partial charge in [-0.3, -0.25) is 0 Å². The Morgan fingerprint density at radius 2 is 2.00 bits per heavy atom. The summed E-state index contributed by atoms with van der Waals surface area (Å²) >= 11 is 1.75. The molecule has 0 aliphatic carbocycles. The molecule has 0 aliphatic heterocycles. The molecule has 25 heavy (non-hydrogen) atoms. The van der Waals surface area contributed by atoms with Crippen LogP contribution in [0.25, 0.3) is 0 Å². The first kappa shape index (κ1) is 21.9. The van der Waals surface area contributed by atoms with Crippen LogP contribution in [0.15, 0.2) is 41.5 Å². The summed E-state index contributed by atoms with van der Waals surface area (Å²) in [5.41, 5.74) is 1.38. The van der Waals surface area contributed by atoms with Crippen molar-refractivity contribution in [2.75, 3.05) is 6.54 Å². The van der Waals surface area contributed by atoms with Crippen molar-refractivity contribution in [1.82, 2.24) is 15.6 Å². The van der Waals surface area contributed by atoms with Gasteiger partial charge in [0.15, 0.2) is 5.96 Å². The van der Waals surface area contributed by atoms with Gasteiger partial charge in [-0.15, -0.1) is 35.3 Å². The lowest BCUT2D eigenvalue weighted by atomic mass is 10.1. The molecule has 2 rings (SSSR count). The van der Waals surface area contributed by atoms with Gasteiger partial charge in [-0.05, 0) is 38.7 Å². The molecular weight excluding hydrogens is 443 g/mol. The first-order valence-electron chi connectivity index (χ1n) is 8.73. The lowest BCUT2D eigenvalue weighted by molar-refractivity contribution is 0.593. The van der Waals surface area contributed by atoms with E-state index in [0.29, 0.717) is 12.6 Å². The first-order chi connectivity index (χ1) is 11.7. The van der Waals surface area contributed by atoms with Gasteiger partial charge in [-0.25, -0.2) is 9.98 Å². The molecule has 1 aromatic carbocycles. The molecule has 0 saturated carbocycles. The fourth-order valence-corrected chi connectivity index (χ4v) is 3.17. The summed E-state index contributed by atoms with van der Waals surface area (Å²) in [5, 5.41) is 7.88. The lowest BCUT2D eigenvalue weighted by Crippen LogP contribution is -2.42. The molecule has 0 bridgehead atoms. The molecule has 1 heterocycles. The quantitative estimate of drug-likeness (QED) is 0.340. The van der Waals surface area contributed by atoms with Crippen molar-refractivity contribution in [1.29, 1.82) is 0 Å². The number of halogens is 1. The Morgan fingerprint density at radius 3 is 2.64 bits per heavy atom. The number of nitrogens with zero attached hydrogens (tertiary/aromatic N) is 2. The maximum atomic E-state index is 4.67. The third-order valence-corrected chi connectivity index (χ3v) is 4.88. The smallest absolute Gasteiger partial charge is 0.191 e. The third kappa shape index (κ3) is 8.18. The fraction of sp³-hybridized carbons (Fsp3) is 0.474. The molecule has 0 saturated heterocycles. The summed E-state index contributed by atoms with van der Waals surface area (Å²) in [6.07, 6.45) is 5.14. The zero-order chi connectivity index (χ0) is 17.2. The zero-order valence-electron chi connectivity index (χ0n) is 15.3. The minimum absolute atomic E-state index is 0. The van der Waals surface area contributed by atoms with Gasteiger partial charge in [0.2, 0.25) is 0 Å². The van der Waals surface area contributed by atoms with Gasteiger partial charge in [-0.1, -0.05) is 37.3 Å². The number of aliphatic imine (C=N–C) groups is 1. The highest BCUT2D eigenvalue weighted by molar-refractivity contribution is 14.0. The van der Waals surface area contributed by atoms with Gasteiger partial charge in [0.05, 0.1) is 6.54 Å². The second-order valence-corrected chi connectivity index (χ2v) is 7.04. The van der Waals surface area contributed by atoms with Crippen molar-refractivity contribution in [2.45, 2.75) is 52.6 Å². The van der Waals surface area contributed by atoms with Crippen LogP contribution in [0.5, 0.6) is 0 Å². The first-order valence-corrected chi connectivity index (χ1v) is 9.55. The van der Waals surface area contributed by atoms with Crippen LogP contribution in [0.2, 0.25) is 0 Å². The summed E-state index contributed by atoms with van der Waals surface area (Å²) < 4.78 is 0. The Bertz CT molecular complexity index is 627. The summed E-state index contributed by atoms with van der Waals surface area (Å²) in [6.45, 7) is 7.93. The Balaban J connectivity index is 0.00000312. The molecule has 1 unspecified atom stereocenters. The van der Waals surface area contributed by atoms with Crippen molar-refractivity contribution in [3.8, 4) is 0 Å². The molecule has 0 aliphatic rings. The maximum Gasteiger partial charge on any atom is 0.191 e. The van der Waals surface area contributed by atoms with E-state index in [4.69, 9.17) is 0 Å². The Hall–Kier alpha value is -1.15. The van der Waals surface area contributed by atoms with Crippen molar-refractivity contribution in [3.05, 3.63) is 52.0 Å². The van der Waals surface area contributed by atoms with Crippen LogP contribution in [0, 0.1) is 0 Å². The van der Waals surface area contributed by atoms with E-state index in [2.05, 4.69) is 71.7 Å². The van der Waals surface area contributed by atoms with Crippen molar-refractivity contribution >= 4 is 41.3 Å². The minimum atomic E-state index is 0. The predicted molar refractivity (Wildman–Crippen MR) is 119 cm³/mol. The van der Waals surface area contributed by atoms with Gasteiger partial charge in [0.1, 0.15) is 5.01 Å². The number of rotatable bonds is 8. The fourth-order valence-electron chi connectivity index (χ4n) is 2.38. The van der Waals surface area contributed by atoms with E-state index in [1.807, 2.05) is 6.20 Å². The van der Waals surface area contributed by atoms with E-state index in [1.165, 1.54) is 10.4 Å². The molecule has 2 N–H and O–H groups in total. The summed E-state index contributed by atoms with van der Waals surface area (Å²) in [7, 11) is 0. The van der Waals surface area contributed by atoms with Crippen LogP contribution in [-0.4, -0.2) is 23.5 Å². The highest BCUT2D eigenvalue weighted by Gasteiger charge is 2.06. The van der Waals surface area contributed by atoms with E-state index in [9.17, 15) is 0 Å². The molecule has 1 aromatic heterocycles. The molecule has 138 valence electrons. The van der Waals surface area contributed by atoms with Gasteiger partial charge in [0, 0.05) is 23.7 Å². The van der Waals surface area contributed by atoms with Crippen LogP contribution in [-0.2, 0) is 19.4 Å². The van der Waals surface area contributed by atoms with E-state index in [1.54, 1.807) is 11.3 Å². The second kappa shape index (κ2) is 12.2. The molecular formula is C19H29IN4S. The Kier molecular flexibility index (Phi) is 10.7. The summed E-state index contributed by atoms with van der Waals surface area (Å²) in [6, 6.07) is 11.0. The van der Waals surface area contributed by atoms with Crippen LogP contribution < -0.4 is 10.6 Å². The van der Waals surface area contributed by atoms with E-state index < -0.39 is 0 Å². The second-order valence-electron chi connectivity index (χ2n) is 5.84. The van der Waals surface area contributed by atoms with Gasteiger partial charge < -0.3 is 10.6 Å². The van der Waals surface area contributed by atoms with Crippen LogP contribution in [0.4, 0.5) is 0 Å². The van der Waals surface area contributed by atoms with Crippen LogP contribution in [0.1, 0.15) is 42.6 Å². The molecule has 0 radical (unpaired) electrons. The molecule has 0 amide bonds. The molecule has 0 fully saturated rings. The largest absolute Gasteiger partial charge is 0.357 e. The Labute approximate surface area is 172 Å². The lowest BCUT2D eigenvalue weighted by Gasteiger charge is -2.17. The van der Waals surface area contributed by atoms with Gasteiger partial charge in [0.25, 0.3) is 0 Å². The van der Waals surface area contributed by atoms with Crippen molar-refractivity contribution in [3.63, 3.8) is 0 Å². The van der Waals surface area contributed by atoms with Crippen LogP contribution in [0.3, 0.4) is 0 Å². The topological polar surface area (TPSA) is 49.3 Å². The molecule has 4 nitrogen and oxygen atoms in total. The van der Waals surface area contributed by atoms with E-state index >= 15 is 0 Å². The highest BCUT2D eigenvalue weighted by Crippen LogP contribution is 2.14.